The van der Waals surface area contributed by atoms with Crippen molar-refractivity contribution in [3.05, 3.63) is 29.6 Å². The number of pyridine rings is 1. The third-order valence-electron chi connectivity index (χ3n) is 2.52. The van der Waals surface area contributed by atoms with Gasteiger partial charge in [0.1, 0.15) is 11.0 Å². The number of carbonyl (C=O) groups excluding carboxylic acids is 1. The van der Waals surface area contributed by atoms with E-state index in [-0.39, 0.29) is 11.7 Å². The van der Waals surface area contributed by atoms with Crippen molar-refractivity contribution < 1.29 is 14.6 Å². The molecule has 0 saturated carbocycles. The number of carbonyl (C=O) groups is 1. The molecule has 5 heteroatoms. The van der Waals surface area contributed by atoms with Gasteiger partial charge in [0.25, 0.3) is 0 Å². The fourth-order valence-corrected chi connectivity index (χ4v) is 2.36. The lowest BCUT2D eigenvalue weighted by Gasteiger charge is -2.18. The van der Waals surface area contributed by atoms with Crippen molar-refractivity contribution in [2.24, 2.45) is 0 Å². The maximum atomic E-state index is 11.9. The Kier molecular flexibility index (Phi) is 5.22. The highest BCUT2D eigenvalue weighted by molar-refractivity contribution is 7.99. The molecule has 1 heterocycles. The molecule has 0 aliphatic heterocycles. The Hall–Kier alpha value is -1.49. The van der Waals surface area contributed by atoms with Gasteiger partial charge in [0.15, 0.2) is 0 Å². The second-order valence-corrected chi connectivity index (χ2v) is 4.58. The molecule has 4 nitrogen and oxygen atoms in total. The summed E-state index contributed by atoms with van der Waals surface area (Å²) in [6, 6.07) is 0. The van der Waals surface area contributed by atoms with E-state index < -0.39 is 5.25 Å². The standard InChI is InChI=1S/C13H17NO3S/c1-5-9-7-14-8(3)11(15)10(9)12(18-4)13(16)17-6-2/h5,7,12,15H,1,6H2,2-4H3. The first-order chi connectivity index (χ1) is 8.56. The van der Waals surface area contributed by atoms with E-state index in [0.717, 1.165) is 0 Å². The molecule has 98 valence electrons. The number of aryl methyl sites for hydroxylation is 1. The molecule has 1 atom stereocenters. The molecular formula is C13H17NO3S. The normalized spacial score (nSPS) is 11.9. The summed E-state index contributed by atoms with van der Waals surface area (Å²) in [6.07, 6.45) is 4.97. The second kappa shape index (κ2) is 6.44. The fraction of sp³-hybridized carbons (Fsp3) is 0.385. The van der Waals surface area contributed by atoms with Crippen LogP contribution < -0.4 is 0 Å². The fourth-order valence-electron chi connectivity index (χ4n) is 1.62. The van der Waals surface area contributed by atoms with Gasteiger partial charge >= 0.3 is 5.97 Å². The van der Waals surface area contributed by atoms with E-state index >= 15 is 0 Å². The molecule has 0 amide bonds. The molecule has 0 bridgehead atoms. The number of hydrogen-bond acceptors (Lipinski definition) is 5. The van der Waals surface area contributed by atoms with Gasteiger partial charge in [-0.05, 0) is 20.1 Å². The third-order valence-corrected chi connectivity index (χ3v) is 3.42. The summed E-state index contributed by atoms with van der Waals surface area (Å²) in [5.74, 6) is -0.339. The molecular weight excluding hydrogens is 250 g/mol. The molecule has 0 fully saturated rings. The minimum atomic E-state index is -0.570. The molecule has 0 aromatic carbocycles. The van der Waals surface area contributed by atoms with Crippen molar-refractivity contribution in [2.45, 2.75) is 19.1 Å². The number of hydrogen-bond donors (Lipinski definition) is 1. The Morgan fingerprint density at radius 1 is 1.72 bits per heavy atom. The zero-order valence-electron chi connectivity index (χ0n) is 10.8. The van der Waals surface area contributed by atoms with Crippen LogP contribution >= 0.6 is 11.8 Å². The molecule has 1 aromatic heterocycles. The van der Waals surface area contributed by atoms with E-state index in [1.807, 2.05) is 0 Å². The van der Waals surface area contributed by atoms with Crippen LogP contribution in [-0.2, 0) is 9.53 Å². The summed E-state index contributed by atoms with van der Waals surface area (Å²) < 4.78 is 5.02. The van der Waals surface area contributed by atoms with E-state index in [4.69, 9.17) is 4.74 Å². The SMILES string of the molecule is C=Cc1cnc(C)c(O)c1C(SC)C(=O)OCC. The zero-order valence-corrected chi connectivity index (χ0v) is 11.6. The predicted octanol–water partition coefficient (Wildman–Crippen LogP) is 2.71. The predicted molar refractivity (Wildman–Crippen MR) is 73.6 cm³/mol. The average molecular weight is 267 g/mol. The van der Waals surface area contributed by atoms with E-state index in [9.17, 15) is 9.90 Å². The highest BCUT2D eigenvalue weighted by Crippen LogP contribution is 2.38. The Morgan fingerprint density at radius 2 is 2.39 bits per heavy atom. The molecule has 0 aliphatic rings. The molecule has 1 unspecified atom stereocenters. The lowest BCUT2D eigenvalue weighted by molar-refractivity contribution is -0.142. The van der Waals surface area contributed by atoms with Gasteiger partial charge in [-0.15, -0.1) is 11.8 Å². The molecule has 18 heavy (non-hydrogen) atoms. The van der Waals surface area contributed by atoms with Crippen LogP contribution in [0.25, 0.3) is 6.08 Å². The first-order valence-corrected chi connectivity index (χ1v) is 6.85. The maximum absolute atomic E-state index is 11.9. The average Bonchev–Trinajstić information content (AvgIpc) is 2.36. The third kappa shape index (κ3) is 2.85. The molecule has 0 aliphatic carbocycles. The first-order valence-electron chi connectivity index (χ1n) is 5.57. The van der Waals surface area contributed by atoms with Gasteiger partial charge in [0.2, 0.25) is 0 Å². The Morgan fingerprint density at radius 3 is 2.89 bits per heavy atom. The number of rotatable bonds is 5. The highest BCUT2D eigenvalue weighted by atomic mass is 32.2. The van der Waals surface area contributed by atoms with E-state index in [1.165, 1.54) is 11.8 Å². The number of esters is 1. The number of aromatic nitrogens is 1. The first kappa shape index (κ1) is 14.6. The lowest BCUT2D eigenvalue weighted by Crippen LogP contribution is -2.14. The minimum absolute atomic E-state index is 0.0276. The smallest absolute Gasteiger partial charge is 0.323 e. The molecule has 1 N–H and O–H groups in total. The maximum Gasteiger partial charge on any atom is 0.323 e. The van der Waals surface area contributed by atoms with Crippen LogP contribution in [0.2, 0.25) is 0 Å². The zero-order chi connectivity index (χ0) is 13.7. The van der Waals surface area contributed by atoms with Gasteiger partial charge in [-0.25, -0.2) is 0 Å². The van der Waals surface area contributed by atoms with Crippen LogP contribution in [0.1, 0.15) is 29.0 Å². The van der Waals surface area contributed by atoms with Gasteiger partial charge in [-0.1, -0.05) is 12.7 Å². The Balaban J connectivity index is 3.31. The quantitative estimate of drug-likeness (QED) is 0.831. The van der Waals surface area contributed by atoms with Crippen LogP contribution in [0.3, 0.4) is 0 Å². The molecule has 0 radical (unpaired) electrons. The van der Waals surface area contributed by atoms with Crippen molar-refractivity contribution in [3.63, 3.8) is 0 Å². The van der Waals surface area contributed by atoms with E-state index in [2.05, 4.69) is 11.6 Å². The van der Waals surface area contributed by atoms with Crippen LogP contribution in [0, 0.1) is 6.92 Å². The van der Waals surface area contributed by atoms with E-state index in [0.29, 0.717) is 23.4 Å². The van der Waals surface area contributed by atoms with Crippen LogP contribution in [-0.4, -0.2) is 28.9 Å². The summed E-state index contributed by atoms with van der Waals surface area (Å²) in [6.45, 7) is 7.42. The van der Waals surface area contributed by atoms with Gasteiger partial charge in [-0.3, -0.25) is 9.78 Å². The Labute approximate surface area is 111 Å². The van der Waals surface area contributed by atoms with Gasteiger partial charge < -0.3 is 9.84 Å². The monoisotopic (exact) mass is 267 g/mol. The lowest BCUT2D eigenvalue weighted by atomic mass is 10.0. The van der Waals surface area contributed by atoms with Crippen LogP contribution in [0.4, 0.5) is 0 Å². The summed E-state index contributed by atoms with van der Waals surface area (Å²) in [5, 5.41) is 9.53. The topological polar surface area (TPSA) is 59.4 Å². The van der Waals surface area contributed by atoms with Crippen LogP contribution in [0.15, 0.2) is 12.8 Å². The Bertz CT molecular complexity index is 460. The summed E-state index contributed by atoms with van der Waals surface area (Å²) in [7, 11) is 0. The van der Waals surface area contributed by atoms with Crippen molar-refractivity contribution in [1.29, 1.82) is 0 Å². The minimum Gasteiger partial charge on any atom is -0.506 e. The molecule has 1 rings (SSSR count). The van der Waals surface area contributed by atoms with Gasteiger partial charge in [0, 0.05) is 17.3 Å². The summed E-state index contributed by atoms with van der Waals surface area (Å²) in [5.41, 5.74) is 1.65. The van der Waals surface area contributed by atoms with E-state index in [1.54, 1.807) is 32.4 Å². The second-order valence-electron chi connectivity index (χ2n) is 3.63. The number of thioether (sulfide) groups is 1. The van der Waals surface area contributed by atoms with Crippen molar-refractivity contribution in [3.8, 4) is 5.75 Å². The van der Waals surface area contributed by atoms with Crippen molar-refractivity contribution >= 4 is 23.8 Å². The number of aromatic hydroxyl groups is 1. The van der Waals surface area contributed by atoms with Crippen molar-refractivity contribution in [2.75, 3.05) is 12.9 Å². The number of ether oxygens (including phenoxy) is 1. The summed E-state index contributed by atoms with van der Waals surface area (Å²) in [4.78, 5) is 15.9. The van der Waals surface area contributed by atoms with Crippen molar-refractivity contribution in [1.82, 2.24) is 4.98 Å². The van der Waals surface area contributed by atoms with Gasteiger partial charge in [0.05, 0.1) is 12.3 Å². The van der Waals surface area contributed by atoms with Gasteiger partial charge in [-0.2, -0.15) is 0 Å². The highest BCUT2D eigenvalue weighted by Gasteiger charge is 2.27. The number of nitrogens with zero attached hydrogens (tertiary/aromatic N) is 1. The molecule has 1 aromatic rings. The molecule has 0 saturated heterocycles. The molecule has 0 spiro atoms. The van der Waals surface area contributed by atoms with Crippen LogP contribution in [0.5, 0.6) is 5.75 Å². The largest absolute Gasteiger partial charge is 0.506 e. The summed E-state index contributed by atoms with van der Waals surface area (Å²) >= 11 is 1.31.